The predicted octanol–water partition coefficient (Wildman–Crippen LogP) is 7.23. The molecule has 164 valence electrons. The molecule has 0 bridgehead atoms. The summed E-state index contributed by atoms with van der Waals surface area (Å²) in [5.74, 6) is -1.66. The van der Waals surface area contributed by atoms with E-state index < -0.39 is 19.8 Å². The summed E-state index contributed by atoms with van der Waals surface area (Å²) in [6.07, 6.45) is 5.77. The molecule has 0 aromatic carbocycles. The zero-order valence-electron chi connectivity index (χ0n) is 19.2. The Morgan fingerprint density at radius 2 is 1.82 bits per heavy atom. The molecule has 2 fully saturated rings. The first-order chi connectivity index (χ1) is 12.8. The summed E-state index contributed by atoms with van der Waals surface area (Å²) in [6, 6.07) is 0. The maximum atomic E-state index is 15.5. The van der Waals surface area contributed by atoms with E-state index in [1.165, 1.54) is 0 Å². The van der Waals surface area contributed by atoms with Crippen molar-refractivity contribution in [2.24, 2.45) is 23.2 Å². The molecule has 2 aliphatic rings. The first-order valence-corrected chi connectivity index (χ1v) is 14.8. The Hall–Kier alpha value is -0.293. The van der Waals surface area contributed by atoms with Crippen molar-refractivity contribution in [2.75, 3.05) is 0 Å². The van der Waals surface area contributed by atoms with E-state index in [0.29, 0.717) is 37.4 Å². The van der Waals surface area contributed by atoms with Gasteiger partial charge in [0.05, 0.1) is 0 Å². The molecule has 0 saturated heterocycles. The monoisotopic (exact) mass is 416 g/mol. The van der Waals surface area contributed by atoms with Gasteiger partial charge in [-0.2, -0.15) is 0 Å². The van der Waals surface area contributed by atoms with Crippen molar-refractivity contribution in [2.45, 2.75) is 117 Å². The minimum absolute atomic E-state index is 0.0193. The number of alkyl halides is 2. The number of hydrogen-bond acceptors (Lipinski definition) is 2. The molecule has 4 atom stereocenters. The normalized spacial score (nSPS) is 30.4. The van der Waals surface area contributed by atoms with Crippen LogP contribution in [0, 0.1) is 23.2 Å². The van der Waals surface area contributed by atoms with Crippen LogP contribution in [0.15, 0.2) is 0 Å². The molecule has 0 unspecified atom stereocenters. The van der Waals surface area contributed by atoms with Crippen molar-refractivity contribution < 1.29 is 18.0 Å². The summed E-state index contributed by atoms with van der Waals surface area (Å²) >= 11 is 0. The van der Waals surface area contributed by atoms with Crippen molar-refractivity contribution in [3.05, 3.63) is 0 Å². The quantitative estimate of drug-likeness (QED) is 0.370. The third-order valence-corrected chi connectivity index (χ3v) is 8.85. The predicted molar refractivity (Wildman–Crippen MR) is 114 cm³/mol. The molecule has 2 saturated carbocycles. The fraction of sp³-hybridized carbons (Fsp3) is 0.957. The highest BCUT2D eigenvalue weighted by Crippen LogP contribution is 2.57. The van der Waals surface area contributed by atoms with E-state index in [-0.39, 0.29) is 23.7 Å². The van der Waals surface area contributed by atoms with E-state index in [0.717, 1.165) is 25.7 Å². The summed E-state index contributed by atoms with van der Waals surface area (Å²) in [7, 11) is -2.09. The van der Waals surface area contributed by atoms with Crippen LogP contribution in [0.4, 0.5) is 8.78 Å². The Balaban J connectivity index is 2.09. The SMILES string of the molecule is CCC(CC)(O[Si](C)(C)C)C(F)(F)CC[C@@H](C)[C@H]1CC[C@H]2C(=O)CCC[C@]12C. The topological polar surface area (TPSA) is 26.3 Å². The van der Waals surface area contributed by atoms with Crippen LogP contribution >= 0.6 is 0 Å². The van der Waals surface area contributed by atoms with E-state index in [2.05, 4.69) is 13.8 Å². The molecule has 2 rings (SSSR count). The van der Waals surface area contributed by atoms with Gasteiger partial charge in [-0.15, -0.1) is 0 Å². The average Bonchev–Trinajstić information content (AvgIpc) is 2.95. The lowest BCUT2D eigenvalue weighted by atomic mass is 9.62. The number of halogens is 2. The van der Waals surface area contributed by atoms with Gasteiger partial charge in [-0.1, -0.05) is 27.7 Å². The van der Waals surface area contributed by atoms with E-state index >= 15 is 8.78 Å². The summed E-state index contributed by atoms with van der Waals surface area (Å²) in [5, 5.41) is 0. The van der Waals surface area contributed by atoms with Crippen molar-refractivity contribution in [1.29, 1.82) is 0 Å². The Labute approximate surface area is 172 Å². The first-order valence-electron chi connectivity index (χ1n) is 11.4. The van der Waals surface area contributed by atoms with Crippen LogP contribution in [0.5, 0.6) is 0 Å². The zero-order valence-corrected chi connectivity index (χ0v) is 20.2. The van der Waals surface area contributed by atoms with Gasteiger partial charge in [0.25, 0.3) is 5.92 Å². The maximum Gasteiger partial charge on any atom is 0.275 e. The van der Waals surface area contributed by atoms with Gasteiger partial charge in [-0.25, -0.2) is 8.78 Å². The molecule has 5 heteroatoms. The fourth-order valence-electron chi connectivity index (χ4n) is 6.32. The summed E-state index contributed by atoms with van der Waals surface area (Å²) < 4.78 is 37.0. The lowest BCUT2D eigenvalue weighted by molar-refractivity contribution is -0.180. The van der Waals surface area contributed by atoms with E-state index in [1.54, 1.807) is 0 Å². The molecule has 0 amide bonds. The third kappa shape index (κ3) is 4.55. The highest BCUT2D eigenvalue weighted by atomic mass is 28.4. The number of rotatable bonds is 9. The standard InChI is InChI=1S/C23H42F2O2Si/c1-8-22(9-2,27-28(5,6)7)23(24,25)16-14-17(3)18-12-13-19-20(26)11-10-15-21(18,19)4/h17-19H,8-16H2,1-7H3/t17-,18-,19+,21-/m1/s1. The van der Waals surface area contributed by atoms with Gasteiger partial charge in [0, 0.05) is 18.8 Å². The second-order valence-corrected chi connectivity index (χ2v) is 15.1. The molecule has 2 nitrogen and oxygen atoms in total. The van der Waals surface area contributed by atoms with Crippen LogP contribution in [0.2, 0.25) is 19.6 Å². The van der Waals surface area contributed by atoms with Gasteiger partial charge in [0.1, 0.15) is 11.4 Å². The summed E-state index contributed by atoms with van der Waals surface area (Å²) in [4.78, 5) is 12.4. The van der Waals surface area contributed by atoms with Gasteiger partial charge >= 0.3 is 0 Å². The first kappa shape index (κ1) is 24.0. The van der Waals surface area contributed by atoms with Crippen LogP contribution < -0.4 is 0 Å². The molecule has 0 aromatic rings. The van der Waals surface area contributed by atoms with Crippen LogP contribution in [0.3, 0.4) is 0 Å². The van der Waals surface area contributed by atoms with Crippen LogP contribution in [0.25, 0.3) is 0 Å². The number of Topliss-reactive ketones (excluding diaryl/α,β-unsaturated/α-hetero) is 1. The lowest BCUT2D eigenvalue weighted by Gasteiger charge is -2.45. The number of carbonyl (C=O) groups excluding carboxylic acids is 1. The molecule has 0 N–H and O–H groups in total. The molecule has 0 heterocycles. The Bertz CT molecular complexity index is 553. The lowest BCUT2D eigenvalue weighted by Crippen LogP contribution is -2.54. The van der Waals surface area contributed by atoms with Gasteiger partial charge in [0.15, 0.2) is 8.32 Å². The molecule has 0 aliphatic heterocycles. The largest absolute Gasteiger partial charge is 0.406 e. The molecule has 0 spiro atoms. The van der Waals surface area contributed by atoms with Crippen LogP contribution in [0.1, 0.15) is 85.5 Å². The van der Waals surface area contributed by atoms with Crippen LogP contribution in [-0.2, 0) is 9.22 Å². The van der Waals surface area contributed by atoms with Gasteiger partial charge < -0.3 is 4.43 Å². The number of carbonyl (C=O) groups is 1. The Morgan fingerprint density at radius 3 is 2.36 bits per heavy atom. The van der Waals surface area contributed by atoms with E-state index in [9.17, 15) is 4.79 Å². The van der Waals surface area contributed by atoms with Gasteiger partial charge in [-0.3, -0.25) is 4.79 Å². The minimum Gasteiger partial charge on any atom is -0.406 e. The van der Waals surface area contributed by atoms with E-state index in [4.69, 9.17) is 4.43 Å². The average molecular weight is 417 g/mol. The Kier molecular flexibility index (Phi) is 7.24. The highest BCUT2D eigenvalue weighted by molar-refractivity contribution is 6.69. The molecule has 2 aliphatic carbocycles. The van der Waals surface area contributed by atoms with Crippen molar-refractivity contribution in [1.82, 2.24) is 0 Å². The minimum atomic E-state index is -2.83. The second-order valence-electron chi connectivity index (χ2n) is 10.7. The fourth-order valence-corrected chi connectivity index (χ4v) is 7.93. The molecular weight excluding hydrogens is 374 g/mol. The third-order valence-electron chi connectivity index (χ3n) is 7.85. The summed E-state index contributed by atoms with van der Waals surface area (Å²) in [5.41, 5.74) is -1.33. The smallest absolute Gasteiger partial charge is 0.275 e. The number of ketones is 1. The molecular formula is C23H42F2O2Si. The highest BCUT2D eigenvalue weighted by Gasteiger charge is 2.55. The van der Waals surface area contributed by atoms with Gasteiger partial charge in [0.2, 0.25) is 0 Å². The number of fused-ring (bicyclic) bond motifs is 1. The van der Waals surface area contributed by atoms with Crippen molar-refractivity contribution >= 4 is 14.1 Å². The summed E-state index contributed by atoms with van der Waals surface area (Å²) in [6.45, 7) is 14.0. The van der Waals surface area contributed by atoms with Crippen molar-refractivity contribution in [3.63, 3.8) is 0 Å². The van der Waals surface area contributed by atoms with Crippen molar-refractivity contribution in [3.8, 4) is 0 Å². The maximum absolute atomic E-state index is 15.5. The molecule has 0 radical (unpaired) electrons. The Morgan fingerprint density at radius 1 is 1.21 bits per heavy atom. The molecule has 28 heavy (non-hydrogen) atoms. The second kappa shape index (κ2) is 8.45. The van der Waals surface area contributed by atoms with E-state index in [1.807, 2.05) is 33.5 Å². The number of hydrogen-bond donors (Lipinski definition) is 0. The molecule has 0 aromatic heterocycles. The zero-order chi connectivity index (χ0) is 21.4. The van der Waals surface area contributed by atoms with Crippen LogP contribution in [-0.4, -0.2) is 25.6 Å². The van der Waals surface area contributed by atoms with Gasteiger partial charge in [-0.05, 0) is 81.8 Å².